The highest BCUT2D eigenvalue weighted by Gasteiger charge is 2.15. The number of imidazole rings is 2. The zero-order valence-corrected chi connectivity index (χ0v) is 31.0. The highest BCUT2D eigenvalue weighted by atomic mass is 35.5. The number of hydrogen-bond acceptors (Lipinski definition) is 8. The van der Waals surface area contributed by atoms with E-state index >= 15 is 0 Å². The maximum Gasteiger partial charge on any atom is 0.222 e. The summed E-state index contributed by atoms with van der Waals surface area (Å²) in [7, 11) is 0. The third-order valence-corrected chi connectivity index (χ3v) is 8.33. The molecule has 0 aliphatic rings. The number of anilines is 2. The van der Waals surface area contributed by atoms with Gasteiger partial charge in [0.25, 0.3) is 0 Å². The predicted molar refractivity (Wildman–Crippen MR) is 213 cm³/mol. The van der Waals surface area contributed by atoms with Gasteiger partial charge in [0.2, 0.25) is 11.9 Å². The van der Waals surface area contributed by atoms with E-state index in [1.807, 2.05) is 6.07 Å². The van der Waals surface area contributed by atoms with Gasteiger partial charge in [-0.3, -0.25) is 0 Å². The van der Waals surface area contributed by atoms with Crippen molar-refractivity contribution < 1.29 is 0 Å². The van der Waals surface area contributed by atoms with E-state index in [9.17, 15) is 0 Å². The van der Waals surface area contributed by atoms with Crippen LogP contribution in [-0.4, -0.2) is 38.7 Å². The molecule has 0 aliphatic carbocycles. The lowest BCUT2D eigenvalue weighted by molar-refractivity contribution is 0.972. The second-order valence-electron chi connectivity index (χ2n) is 12.1. The van der Waals surface area contributed by atoms with E-state index < -0.39 is 0 Å². The van der Waals surface area contributed by atoms with Crippen molar-refractivity contribution in [2.24, 2.45) is 0 Å². The number of aromatic nitrogens is 8. The van der Waals surface area contributed by atoms with Gasteiger partial charge in [0, 0.05) is 48.3 Å². The first-order chi connectivity index (χ1) is 24.8. The lowest BCUT2D eigenvalue weighted by Gasteiger charge is -2.08. The predicted octanol–water partition coefficient (Wildman–Crippen LogP) is 8.86. The van der Waals surface area contributed by atoms with Crippen molar-refractivity contribution in [3.05, 3.63) is 156 Å². The fourth-order valence-electron chi connectivity index (χ4n) is 5.44. The molecule has 0 amide bonds. The topological polar surface area (TPSA) is 124 Å². The fourth-order valence-corrected chi connectivity index (χ4v) is 5.70. The molecule has 0 bridgehead atoms. The molecule has 0 spiro atoms. The minimum absolute atomic E-state index is 0. The molecule has 6 aromatic heterocycles. The molecule has 6 heterocycles. The van der Waals surface area contributed by atoms with Crippen LogP contribution in [0.25, 0.3) is 33.8 Å². The Hall–Kier alpha value is -5.84. The van der Waals surface area contributed by atoms with Crippen molar-refractivity contribution in [1.29, 1.82) is 0 Å². The smallest absolute Gasteiger partial charge is 0.222 e. The number of nitrogen functional groups attached to an aromatic ring is 1. The number of aryl methyl sites for hydroxylation is 4. The maximum atomic E-state index is 6.13. The average molecular weight is 732 g/mol. The van der Waals surface area contributed by atoms with Gasteiger partial charge in [0.15, 0.2) is 0 Å². The Morgan fingerprint density at radius 2 is 1.00 bits per heavy atom. The molecule has 0 aliphatic heterocycles. The van der Waals surface area contributed by atoms with E-state index in [4.69, 9.17) is 27.3 Å². The van der Waals surface area contributed by atoms with E-state index in [-0.39, 0.29) is 12.4 Å². The molecule has 0 saturated heterocycles. The molecule has 2 aromatic carbocycles. The molecule has 12 heteroatoms. The molecular formula is C40H40Cl2N10. The second kappa shape index (κ2) is 17.4. The Balaban J connectivity index is 0.000000171. The summed E-state index contributed by atoms with van der Waals surface area (Å²) >= 11 is 6.13. The number of halogens is 2. The van der Waals surface area contributed by atoms with Crippen LogP contribution in [0.1, 0.15) is 33.6 Å². The van der Waals surface area contributed by atoms with E-state index in [1.165, 1.54) is 22.3 Å². The van der Waals surface area contributed by atoms with Gasteiger partial charge in [-0.1, -0.05) is 71.8 Å². The SMILES string of the molecule is Cc1ccc(-c2nc3ccc(C)cn3c2CCl)cc1.Cc1ccc(-c2nc3ccc(C)cn3c2CNc2ncccn2)cc1.Cl.Nc1ncccn1. The first-order valence-corrected chi connectivity index (χ1v) is 17.0. The van der Waals surface area contributed by atoms with Crippen molar-refractivity contribution in [2.45, 2.75) is 40.1 Å². The largest absolute Gasteiger partial charge is 0.368 e. The third-order valence-electron chi connectivity index (χ3n) is 8.07. The average Bonchev–Trinajstić information content (AvgIpc) is 3.70. The lowest BCUT2D eigenvalue weighted by atomic mass is 10.1. The Morgan fingerprint density at radius 1 is 0.577 bits per heavy atom. The van der Waals surface area contributed by atoms with Gasteiger partial charge < -0.3 is 19.9 Å². The molecular weight excluding hydrogens is 691 g/mol. The molecule has 0 unspecified atom stereocenters. The van der Waals surface area contributed by atoms with Crippen LogP contribution in [0.5, 0.6) is 0 Å². The van der Waals surface area contributed by atoms with Crippen LogP contribution in [0.3, 0.4) is 0 Å². The Bertz CT molecular complexity index is 2340. The number of nitrogens with one attached hydrogen (secondary N) is 1. The number of nitrogens with zero attached hydrogens (tertiary/aromatic N) is 8. The highest BCUT2D eigenvalue weighted by molar-refractivity contribution is 6.17. The Morgan fingerprint density at radius 3 is 1.44 bits per heavy atom. The molecule has 10 nitrogen and oxygen atoms in total. The molecule has 0 fully saturated rings. The minimum atomic E-state index is 0. The van der Waals surface area contributed by atoms with Crippen LogP contribution in [0.4, 0.5) is 11.9 Å². The highest BCUT2D eigenvalue weighted by Crippen LogP contribution is 2.27. The molecule has 0 saturated carbocycles. The maximum absolute atomic E-state index is 6.13. The fraction of sp³-hybridized carbons (Fsp3) is 0.150. The molecule has 8 rings (SSSR count). The summed E-state index contributed by atoms with van der Waals surface area (Å²) in [6.07, 6.45) is 10.9. The van der Waals surface area contributed by atoms with Gasteiger partial charge in [-0.2, -0.15) is 0 Å². The third kappa shape index (κ3) is 9.08. The van der Waals surface area contributed by atoms with Crippen LogP contribution in [0, 0.1) is 27.7 Å². The lowest BCUT2D eigenvalue weighted by Crippen LogP contribution is -2.06. The standard InChI is InChI=1S/C20H19N5.C16H15ClN2.C4H5N3.ClH/c1-14-4-7-16(8-5-14)19-17(12-23-20-21-10-3-11-22-20)25-13-15(2)6-9-18(25)24-19;1-11-3-6-13(7-4-11)16-14(9-17)19-10-12(2)5-8-15(19)18-16;5-4-6-2-1-3-7-4;/h3-11,13H,12H2,1-2H3,(H,21,22,23);3-8,10H,9H2,1-2H3;1-3H,(H2,5,6,7);1H. The molecule has 264 valence electrons. The van der Waals surface area contributed by atoms with Crippen LogP contribution >= 0.6 is 24.0 Å². The number of fused-ring (bicyclic) bond motifs is 2. The summed E-state index contributed by atoms with van der Waals surface area (Å²) in [5.41, 5.74) is 18.2. The van der Waals surface area contributed by atoms with E-state index in [0.29, 0.717) is 24.3 Å². The number of rotatable bonds is 6. The van der Waals surface area contributed by atoms with E-state index in [0.717, 1.165) is 45.2 Å². The summed E-state index contributed by atoms with van der Waals surface area (Å²) < 4.78 is 4.22. The molecule has 0 atom stereocenters. The number of nitrogens with two attached hydrogens (primary N) is 1. The number of hydrogen-bond donors (Lipinski definition) is 2. The summed E-state index contributed by atoms with van der Waals surface area (Å²) in [5.74, 6) is 1.39. The molecule has 0 radical (unpaired) electrons. The van der Waals surface area contributed by atoms with Gasteiger partial charge in [0.05, 0.1) is 35.2 Å². The van der Waals surface area contributed by atoms with Crippen LogP contribution < -0.4 is 11.1 Å². The summed E-state index contributed by atoms with van der Waals surface area (Å²) in [6.45, 7) is 8.93. The van der Waals surface area contributed by atoms with Gasteiger partial charge in [0.1, 0.15) is 11.3 Å². The van der Waals surface area contributed by atoms with Gasteiger partial charge >= 0.3 is 0 Å². The quantitative estimate of drug-likeness (QED) is 0.163. The van der Waals surface area contributed by atoms with Crippen LogP contribution in [0.2, 0.25) is 0 Å². The summed E-state index contributed by atoms with van der Waals surface area (Å²) in [5, 5.41) is 3.30. The van der Waals surface area contributed by atoms with Crippen molar-refractivity contribution in [3.8, 4) is 22.5 Å². The first kappa shape index (κ1) is 37.4. The van der Waals surface area contributed by atoms with Crippen molar-refractivity contribution in [3.63, 3.8) is 0 Å². The minimum Gasteiger partial charge on any atom is -0.368 e. The van der Waals surface area contributed by atoms with Gasteiger partial charge in [-0.05, 0) is 63.1 Å². The van der Waals surface area contributed by atoms with E-state index in [2.05, 4.69) is 141 Å². The van der Waals surface area contributed by atoms with Crippen molar-refractivity contribution in [2.75, 3.05) is 11.1 Å². The van der Waals surface area contributed by atoms with E-state index in [1.54, 1.807) is 36.9 Å². The molecule has 52 heavy (non-hydrogen) atoms. The molecule has 8 aromatic rings. The molecule has 3 N–H and O–H groups in total. The number of benzene rings is 2. The van der Waals surface area contributed by atoms with Crippen LogP contribution in [0.15, 0.2) is 122 Å². The number of alkyl halides is 1. The zero-order valence-electron chi connectivity index (χ0n) is 29.4. The van der Waals surface area contributed by atoms with Gasteiger partial charge in [-0.25, -0.2) is 29.9 Å². The Kier molecular flexibility index (Phi) is 12.5. The normalized spacial score (nSPS) is 10.5. The monoisotopic (exact) mass is 730 g/mol. The van der Waals surface area contributed by atoms with Gasteiger partial charge in [-0.15, -0.1) is 24.0 Å². The van der Waals surface area contributed by atoms with Crippen molar-refractivity contribution in [1.82, 2.24) is 38.7 Å². The number of pyridine rings is 2. The first-order valence-electron chi connectivity index (χ1n) is 16.5. The van der Waals surface area contributed by atoms with Crippen molar-refractivity contribution >= 4 is 47.2 Å². The summed E-state index contributed by atoms with van der Waals surface area (Å²) in [4.78, 5) is 25.3. The zero-order chi connectivity index (χ0) is 35.7. The second-order valence-corrected chi connectivity index (χ2v) is 12.3. The Labute approximate surface area is 314 Å². The summed E-state index contributed by atoms with van der Waals surface area (Å²) in [6, 6.07) is 28.6. The van der Waals surface area contributed by atoms with Crippen LogP contribution in [-0.2, 0) is 12.4 Å².